The van der Waals surface area contributed by atoms with Crippen molar-refractivity contribution in [3.63, 3.8) is 0 Å². The second kappa shape index (κ2) is 12.2. The van der Waals surface area contributed by atoms with Crippen LogP contribution in [0.2, 0.25) is 0 Å². The number of aryl methyl sites for hydroxylation is 1. The number of nitrogens with one attached hydrogen (secondary N) is 2. The van der Waals surface area contributed by atoms with Crippen LogP contribution in [0.4, 0.5) is 0 Å². The molecule has 1 amide bonds. The summed E-state index contributed by atoms with van der Waals surface area (Å²) in [4.78, 5) is 45.9. The normalized spacial score (nSPS) is 10.0. The van der Waals surface area contributed by atoms with E-state index in [1.807, 2.05) is 6.92 Å². The van der Waals surface area contributed by atoms with Gasteiger partial charge >= 0.3 is 11.1 Å². The number of ketones is 1. The Labute approximate surface area is 140 Å². The summed E-state index contributed by atoms with van der Waals surface area (Å²) in [5, 5.41) is 2.43. The number of ether oxygens (including phenoxy) is 2. The van der Waals surface area contributed by atoms with Crippen LogP contribution in [0.25, 0.3) is 0 Å². The van der Waals surface area contributed by atoms with Gasteiger partial charge in [0.2, 0.25) is 5.78 Å². The highest BCUT2D eigenvalue weighted by Gasteiger charge is 2.13. The molecule has 1 aromatic heterocycles. The topological polar surface area (TPSA) is 119 Å². The Hall–Kier alpha value is -2.26. The summed E-state index contributed by atoms with van der Waals surface area (Å²) in [6.07, 6.45) is 3.44. The Morgan fingerprint density at radius 1 is 1.25 bits per heavy atom. The quantitative estimate of drug-likeness (QED) is 0.492. The molecule has 1 rings (SSSR count). The van der Waals surface area contributed by atoms with Crippen LogP contribution in [-0.4, -0.2) is 48.3 Å². The largest absolute Gasteiger partial charge is 0.354 e. The molecule has 0 spiro atoms. The molecule has 0 radical (unpaired) electrons. The minimum absolute atomic E-state index is 0.182. The van der Waals surface area contributed by atoms with Gasteiger partial charge in [-0.2, -0.15) is 0 Å². The fraction of sp³-hybridized carbons (Fsp3) is 0.600. The number of nitrogens with zero attached hydrogens (tertiary/aromatic N) is 1. The molecule has 1 aromatic rings. The lowest BCUT2D eigenvalue weighted by atomic mass is 10.2. The third-order valence-electron chi connectivity index (χ3n) is 2.95. The lowest BCUT2D eigenvalue weighted by Crippen LogP contribution is -2.37. The first-order valence-electron chi connectivity index (χ1n) is 7.55. The summed E-state index contributed by atoms with van der Waals surface area (Å²) in [6.45, 7) is 4.36. The van der Waals surface area contributed by atoms with Crippen LogP contribution in [0.3, 0.4) is 0 Å². The first-order valence-corrected chi connectivity index (χ1v) is 7.55. The molecular formula is C15H25N3O6. The minimum Gasteiger partial charge on any atom is -0.354 e. The van der Waals surface area contributed by atoms with E-state index in [-0.39, 0.29) is 13.0 Å². The van der Waals surface area contributed by atoms with Crippen molar-refractivity contribution in [2.45, 2.75) is 39.5 Å². The number of hydrogen-bond donors (Lipinski definition) is 2. The van der Waals surface area contributed by atoms with Crippen LogP contribution in [0.15, 0.2) is 22.0 Å². The molecular weight excluding hydrogens is 318 g/mol. The highest BCUT2D eigenvalue weighted by molar-refractivity contribution is 6.36. The Morgan fingerprint density at radius 2 is 1.88 bits per heavy atom. The average Bonchev–Trinajstić information content (AvgIpc) is 2.58. The van der Waals surface area contributed by atoms with Gasteiger partial charge in [0, 0.05) is 39.6 Å². The second-order valence-corrected chi connectivity index (χ2v) is 4.66. The minimum atomic E-state index is -0.578. The third-order valence-corrected chi connectivity index (χ3v) is 2.95. The molecule has 0 unspecified atom stereocenters. The predicted molar refractivity (Wildman–Crippen MR) is 87.7 cm³/mol. The molecule has 0 fully saturated rings. The Kier molecular flexibility index (Phi) is 11.0. The molecule has 9 heteroatoms. The molecule has 0 aliphatic rings. The van der Waals surface area contributed by atoms with Gasteiger partial charge in [0.25, 0.3) is 5.91 Å². The van der Waals surface area contributed by atoms with Crippen molar-refractivity contribution in [3.05, 3.63) is 33.1 Å². The fourth-order valence-electron chi connectivity index (χ4n) is 1.59. The van der Waals surface area contributed by atoms with Gasteiger partial charge in [0.15, 0.2) is 6.29 Å². The van der Waals surface area contributed by atoms with Gasteiger partial charge in [-0.25, -0.2) is 0 Å². The fourth-order valence-corrected chi connectivity index (χ4v) is 1.59. The number of rotatable bonds is 8. The summed E-state index contributed by atoms with van der Waals surface area (Å²) < 4.78 is 11.0. The molecule has 0 aromatic carbocycles. The Bertz CT molecular complexity index is 618. The maximum atomic E-state index is 11.1. The van der Waals surface area contributed by atoms with Crippen LogP contribution >= 0.6 is 0 Å². The maximum absolute atomic E-state index is 11.1. The van der Waals surface area contributed by atoms with Gasteiger partial charge in [-0.3, -0.25) is 19.2 Å². The molecule has 24 heavy (non-hydrogen) atoms. The molecule has 1 heterocycles. The zero-order chi connectivity index (χ0) is 18.5. The van der Waals surface area contributed by atoms with Gasteiger partial charge in [-0.1, -0.05) is 6.92 Å². The van der Waals surface area contributed by atoms with E-state index in [1.165, 1.54) is 25.0 Å². The number of H-pyrrole nitrogens is 1. The summed E-state index contributed by atoms with van der Waals surface area (Å²) in [6, 6.07) is 0. The lowest BCUT2D eigenvalue weighted by molar-refractivity contribution is -0.140. The summed E-state index contributed by atoms with van der Waals surface area (Å²) in [7, 11) is 2.93. The van der Waals surface area contributed by atoms with E-state index >= 15 is 0 Å². The molecule has 0 atom stereocenters. The number of aromatic amines is 1. The van der Waals surface area contributed by atoms with Crippen molar-refractivity contribution >= 4 is 11.7 Å². The van der Waals surface area contributed by atoms with E-state index in [9.17, 15) is 19.2 Å². The number of hydrogen-bond acceptors (Lipinski definition) is 6. The van der Waals surface area contributed by atoms with E-state index < -0.39 is 29.1 Å². The Morgan fingerprint density at radius 3 is 2.33 bits per heavy atom. The van der Waals surface area contributed by atoms with Crippen LogP contribution in [0, 0.1) is 0 Å². The van der Waals surface area contributed by atoms with E-state index in [4.69, 9.17) is 9.47 Å². The number of amides is 1. The monoisotopic (exact) mass is 343 g/mol. The number of carbonyl (C=O) groups excluding carboxylic acids is 2. The number of carbonyl (C=O) groups is 2. The number of methoxy groups -OCH3 is 2. The first-order chi connectivity index (χ1) is 11.4. The maximum Gasteiger partial charge on any atom is 0.316 e. The molecule has 0 saturated heterocycles. The average molecular weight is 343 g/mol. The molecule has 0 bridgehead atoms. The van der Waals surface area contributed by atoms with Gasteiger partial charge < -0.3 is 24.3 Å². The van der Waals surface area contributed by atoms with E-state index in [0.717, 1.165) is 0 Å². The SMILES string of the molecule is CCCC(=O)C(=O)NCC(OC)OC.CCn1cc[nH]c(=O)c1=O. The van der Waals surface area contributed by atoms with E-state index in [0.29, 0.717) is 13.0 Å². The Balaban J connectivity index is 0.000000463. The summed E-state index contributed by atoms with van der Waals surface area (Å²) in [5.74, 6) is -0.982. The predicted octanol–water partition coefficient (Wildman–Crippen LogP) is -0.353. The van der Waals surface area contributed by atoms with Crippen molar-refractivity contribution in [3.8, 4) is 0 Å². The zero-order valence-corrected chi connectivity index (χ0v) is 14.5. The van der Waals surface area contributed by atoms with Crippen molar-refractivity contribution < 1.29 is 19.1 Å². The number of aromatic nitrogens is 2. The van der Waals surface area contributed by atoms with Gasteiger partial charge in [-0.05, 0) is 13.3 Å². The second-order valence-electron chi connectivity index (χ2n) is 4.66. The zero-order valence-electron chi connectivity index (χ0n) is 14.5. The van der Waals surface area contributed by atoms with Crippen LogP contribution in [0.1, 0.15) is 26.7 Å². The van der Waals surface area contributed by atoms with Crippen molar-refractivity contribution in [1.29, 1.82) is 0 Å². The summed E-state index contributed by atoms with van der Waals surface area (Å²) >= 11 is 0. The van der Waals surface area contributed by atoms with Gasteiger partial charge in [-0.15, -0.1) is 0 Å². The third kappa shape index (κ3) is 7.84. The van der Waals surface area contributed by atoms with Crippen LogP contribution < -0.4 is 16.4 Å². The van der Waals surface area contributed by atoms with Crippen molar-refractivity contribution in [2.24, 2.45) is 0 Å². The molecule has 0 saturated carbocycles. The molecule has 0 aliphatic heterocycles. The van der Waals surface area contributed by atoms with Crippen LogP contribution in [-0.2, 0) is 25.6 Å². The summed E-state index contributed by atoms with van der Waals surface area (Å²) in [5.41, 5.74) is -1.06. The highest BCUT2D eigenvalue weighted by atomic mass is 16.7. The van der Waals surface area contributed by atoms with Gasteiger partial charge in [0.1, 0.15) is 0 Å². The van der Waals surface area contributed by atoms with Crippen LogP contribution in [0.5, 0.6) is 0 Å². The van der Waals surface area contributed by atoms with Gasteiger partial charge in [0.05, 0.1) is 6.54 Å². The van der Waals surface area contributed by atoms with E-state index in [2.05, 4.69) is 10.3 Å². The van der Waals surface area contributed by atoms with Crippen molar-refractivity contribution in [2.75, 3.05) is 20.8 Å². The molecule has 2 N–H and O–H groups in total. The van der Waals surface area contributed by atoms with Crippen molar-refractivity contribution in [1.82, 2.24) is 14.9 Å². The number of Topliss-reactive ketones (excluding diaryl/α,β-unsaturated/α-hetero) is 1. The molecule has 9 nitrogen and oxygen atoms in total. The molecule has 0 aliphatic carbocycles. The smallest absolute Gasteiger partial charge is 0.316 e. The first kappa shape index (κ1) is 21.7. The lowest BCUT2D eigenvalue weighted by Gasteiger charge is -2.13. The highest BCUT2D eigenvalue weighted by Crippen LogP contribution is 1.91. The molecule has 136 valence electrons. The van der Waals surface area contributed by atoms with E-state index in [1.54, 1.807) is 13.1 Å². The standard InChI is InChI=1S/C9H17NO4.C6H8N2O2/c1-4-5-7(11)9(12)10-6-8(13-2)14-3;1-2-8-4-3-7-5(9)6(8)10/h8H,4-6H2,1-3H3,(H,10,12);3-4H,2H2,1H3,(H,7,9).